The zero-order valence-electron chi connectivity index (χ0n) is 17.7. The van der Waals surface area contributed by atoms with Gasteiger partial charge < -0.3 is 9.47 Å². The summed E-state index contributed by atoms with van der Waals surface area (Å²) < 4.78 is 10.9. The Labute approximate surface area is 186 Å². The molecule has 2 aromatic rings. The SMILES string of the molecule is C=C(C)C(=O)Oc1ccc(-c2ccc(OC(=O)C(=C)C)c(SCC)c2)cc1SCC. The van der Waals surface area contributed by atoms with Crippen molar-refractivity contribution < 1.29 is 19.1 Å². The number of carbonyl (C=O) groups is 2. The van der Waals surface area contributed by atoms with Gasteiger partial charge in [-0.15, -0.1) is 23.5 Å². The minimum Gasteiger partial charge on any atom is -0.422 e. The van der Waals surface area contributed by atoms with Gasteiger partial charge in [0.25, 0.3) is 0 Å². The highest BCUT2D eigenvalue weighted by Gasteiger charge is 2.15. The summed E-state index contributed by atoms with van der Waals surface area (Å²) in [6.07, 6.45) is 0. The third kappa shape index (κ3) is 6.28. The summed E-state index contributed by atoms with van der Waals surface area (Å²) in [6, 6.07) is 11.4. The first-order valence-electron chi connectivity index (χ1n) is 9.56. The maximum Gasteiger partial charge on any atom is 0.338 e. The predicted molar refractivity (Wildman–Crippen MR) is 126 cm³/mol. The van der Waals surface area contributed by atoms with Gasteiger partial charge in [-0.2, -0.15) is 0 Å². The summed E-state index contributed by atoms with van der Waals surface area (Å²) in [5, 5.41) is 0. The minimum atomic E-state index is -0.439. The van der Waals surface area contributed by atoms with Gasteiger partial charge in [-0.05, 0) is 60.7 Å². The van der Waals surface area contributed by atoms with Gasteiger partial charge >= 0.3 is 11.9 Å². The number of thioether (sulfide) groups is 2. The molecule has 0 aromatic heterocycles. The third-order valence-corrected chi connectivity index (χ3v) is 5.76. The van der Waals surface area contributed by atoms with Crippen LogP contribution in [0.3, 0.4) is 0 Å². The molecule has 158 valence electrons. The topological polar surface area (TPSA) is 52.6 Å². The van der Waals surface area contributed by atoms with E-state index in [0.717, 1.165) is 32.4 Å². The van der Waals surface area contributed by atoms with Gasteiger partial charge in [0, 0.05) is 11.1 Å². The van der Waals surface area contributed by atoms with Crippen LogP contribution in [0.2, 0.25) is 0 Å². The lowest BCUT2D eigenvalue weighted by molar-refractivity contribution is -0.131. The van der Waals surface area contributed by atoms with Crippen molar-refractivity contribution in [3.8, 4) is 22.6 Å². The Hall–Kier alpha value is -2.44. The molecule has 0 atom stereocenters. The van der Waals surface area contributed by atoms with Crippen LogP contribution < -0.4 is 9.47 Å². The summed E-state index contributed by atoms with van der Waals surface area (Å²) in [5.41, 5.74) is 2.67. The Morgan fingerprint density at radius 2 is 1.13 bits per heavy atom. The number of esters is 2. The largest absolute Gasteiger partial charge is 0.422 e. The molecule has 4 nitrogen and oxygen atoms in total. The van der Waals surface area contributed by atoms with E-state index in [0.29, 0.717) is 22.6 Å². The van der Waals surface area contributed by atoms with Crippen LogP contribution in [0.1, 0.15) is 27.7 Å². The fourth-order valence-electron chi connectivity index (χ4n) is 2.45. The average Bonchev–Trinajstić information content (AvgIpc) is 2.70. The van der Waals surface area contributed by atoms with Crippen molar-refractivity contribution in [2.24, 2.45) is 0 Å². The van der Waals surface area contributed by atoms with E-state index in [1.807, 2.05) is 38.1 Å². The van der Waals surface area contributed by atoms with Crippen molar-refractivity contribution in [1.29, 1.82) is 0 Å². The first-order chi connectivity index (χ1) is 14.3. The monoisotopic (exact) mass is 442 g/mol. The number of hydrogen-bond acceptors (Lipinski definition) is 6. The lowest BCUT2D eigenvalue weighted by Gasteiger charge is -2.14. The molecule has 6 heteroatoms. The standard InChI is InChI=1S/C24H26O4S2/c1-7-29-21-13-17(9-11-19(21)27-23(25)15(3)4)18-10-12-20(22(14-18)30-8-2)28-24(26)16(5)6/h9-14H,3,5,7-8H2,1-2,4,6H3. The summed E-state index contributed by atoms with van der Waals surface area (Å²) in [6.45, 7) is 14.6. The van der Waals surface area contributed by atoms with E-state index in [1.54, 1.807) is 49.5 Å². The highest BCUT2D eigenvalue weighted by atomic mass is 32.2. The average molecular weight is 443 g/mol. The fraction of sp³-hybridized carbons (Fsp3) is 0.250. The number of rotatable bonds is 9. The van der Waals surface area contributed by atoms with E-state index < -0.39 is 11.9 Å². The zero-order chi connectivity index (χ0) is 22.3. The molecule has 0 radical (unpaired) electrons. The molecule has 2 rings (SSSR count). The van der Waals surface area contributed by atoms with Gasteiger partial charge in [-0.1, -0.05) is 39.1 Å². The summed E-state index contributed by atoms with van der Waals surface area (Å²) in [7, 11) is 0. The van der Waals surface area contributed by atoms with Gasteiger partial charge in [0.05, 0.1) is 9.79 Å². The molecule has 0 saturated carbocycles. The Morgan fingerprint density at radius 1 is 0.767 bits per heavy atom. The van der Waals surface area contributed by atoms with Crippen LogP contribution in [0.4, 0.5) is 0 Å². The van der Waals surface area contributed by atoms with Crippen molar-refractivity contribution in [2.75, 3.05) is 11.5 Å². The second kappa shape index (κ2) is 11.1. The number of ether oxygens (including phenoxy) is 2. The Bertz CT molecular complexity index is 900. The lowest BCUT2D eigenvalue weighted by atomic mass is 10.1. The molecule has 0 amide bonds. The quantitative estimate of drug-likeness (QED) is 0.190. The van der Waals surface area contributed by atoms with Crippen molar-refractivity contribution in [3.05, 3.63) is 60.7 Å². The smallest absolute Gasteiger partial charge is 0.338 e. The highest BCUT2D eigenvalue weighted by Crippen LogP contribution is 2.38. The van der Waals surface area contributed by atoms with Crippen LogP contribution in [0, 0.1) is 0 Å². The lowest BCUT2D eigenvalue weighted by Crippen LogP contribution is -2.09. The second-order valence-corrected chi connectivity index (χ2v) is 9.14. The van der Waals surface area contributed by atoms with Crippen molar-refractivity contribution >= 4 is 35.5 Å². The van der Waals surface area contributed by atoms with Crippen LogP contribution in [0.25, 0.3) is 11.1 Å². The van der Waals surface area contributed by atoms with Gasteiger partial charge in [-0.3, -0.25) is 0 Å². The molecule has 0 spiro atoms. The zero-order valence-corrected chi connectivity index (χ0v) is 19.4. The van der Waals surface area contributed by atoms with Crippen LogP contribution >= 0.6 is 23.5 Å². The van der Waals surface area contributed by atoms with E-state index >= 15 is 0 Å². The van der Waals surface area contributed by atoms with Crippen molar-refractivity contribution in [2.45, 2.75) is 37.5 Å². The molecule has 0 aliphatic carbocycles. The molecule has 2 aromatic carbocycles. The van der Waals surface area contributed by atoms with Crippen LogP contribution in [-0.2, 0) is 9.59 Å². The van der Waals surface area contributed by atoms with E-state index in [-0.39, 0.29) is 0 Å². The Morgan fingerprint density at radius 3 is 1.43 bits per heavy atom. The Balaban J connectivity index is 2.41. The number of benzene rings is 2. The molecule has 0 aliphatic heterocycles. The van der Waals surface area contributed by atoms with E-state index in [1.165, 1.54) is 0 Å². The van der Waals surface area contributed by atoms with Gasteiger partial charge in [-0.25, -0.2) is 9.59 Å². The number of hydrogen-bond donors (Lipinski definition) is 0. The fourth-order valence-corrected chi connectivity index (χ4v) is 4.00. The molecule has 30 heavy (non-hydrogen) atoms. The third-order valence-electron chi connectivity index (χ3n) is 3.92. The number of carbonyl (C=O) groups excluding carboxylic acids is 2. The van der Waals surface area contributed by atoms with Crippen LogP contribution in [0.15, 0.2) is 70.5 Å². The minimum absolute atomic E-state index is 0.354. The molecule has 0 bridgehead atoms. The van der Waals surface area contributed by atoms with E-state index in [9.17, 15) is 9.59 Å². The van der Waals surface area contributed by atoms with Crippen molar-refractivity contribution in [1.82, 2.24) is 0 Å². The molecule has 0 fully saturated rings. The van der Waals surface area contributed by atoms with E-state index in [2.05, 4.69) is 13.2 Å². The summed E-state index contributed by atoms with van der Waals surface area (Å²) in [5.74, 6) is 1.85. The van der Waals surface area contributed by atoms with Crippen LogP contribution in [0.5, 0.6) is 11.5 Å². The highest BCUT2D eigenvalue weighted by molar-refractivity contribution is 7.99. The first-order valence-corrected chi connectivity index (χ1v) is 11.5. The van der Waals surface area contributed by atoms with Crippen molar-refractivity contribution in [3.63, 3.8) is 0 Å². The molecule has 0 N–H and O–H groups in total. The van der Waals surface area contributed by atoms with Gasteiger partial charge in [0.1, 0.15) is 11.5 Å². The maximum absolute atomic E-state index is 11.9. The normalized spacial score (nSPS) is 10.4. The maximum atomic E-state index is 11.9. The molecule has 0 aliphatic rings. The second-order valence-electron chi connectivity index (χ2n) is 6.53. The molecule has 0 unspecified atom stereocenters. The predicted octanol–water partition coefficient (Wildman–Crippen LogP) is 6.54. The molecule has 0 saturated heterocycles. The first kappa shape index (κ1) is 23.8. The van der Waals surface area contributed by atoms with E-state index in [4.69, 9.17) is 9.47 Å². The molecular formula is C24H26O4S2. The Kier molecular flexibility index (Phi) is 8.81. The molecule has 0 heterocycles. The molecular weight excluding hydrogens is 416 g/mol. The summed E-state index contributed by atoms with van der Waals surface area (Å²) in [4.78, 5) is 25.6. The summed E-state index contributed by atoms with van der Waals surface area (Å²) >= 11 is 3.21. The van der Waals surface area contributed by atoms with Crippen LogP contribution in [-0.4, -0.2) is 23.4 Å². The van der Waals surface area contributed by atoms with Gasteiger partial charge in [0.15, 0.2) is 0 Å². The van der Waals surface area contributed by atoms with Gasteiger partial charge in [0.2, 0.25) is 0 Å².